The van der Waals surface area contributed by atoms with Crippen molar-refractivity contribution in [3.8, 4) is 0 Å². The highest BCUT2D eigenvalue weighted by molar-refractivity contribution is 7.89. The van der Waals surface area contributed by atoms with Crippen molar-refractivity contribution in [2.45, 2.75) is 26.1 Å². The van der Waals surface area contributed by atoms with E-state index in [1.54, 1.807) is 30.5 Å². The number of nitrogens with one attached hydrogen (secondary N) is 1. The van der Waals surface area contributed by atoms with Gasteiger partial charge >= 0.3 is 5.69 Å². The molecule has 0 unspecified atom stereocenters. The molecule has 0 aliphatic carbocycles. The lowest BCUT2D eigenvalue weighted by molar-refractivity contribution is -0.382. The molecule has 0 spiro atoms. The van der Waals surface area contributed by atoms with Crippen LogP contribution in [0.5, 0.6) is 0 Å². The average molecular weight is 394 g/mol. The number of morpholine rings is 1. The van der Waals surface area contributed by atoms with Crippen LogP contribution in [0.4, 0.5) is 11.4 Å². The van der Waals surface area contributed by atoms with Crippen molar-refractivity contribution in [3.05, 3.63) is 40.6 Å². The van der Waals surface area contributed by atoms with Crippen molar-refractivity contribution in [1.29, 1.82) is 0 Å². The quantitative estimate of drug-likeness (QED) is 0.588. The van der Waals surface area contributed by atoms with Crippen LogP contribution in [0.3, 0.4) is 0 Å². The highest BCUT2D eigenvalue weighted by atomic mass is 32.2. The molecular formula is C17H22N4O5S. The lowest BCUT2D eigenvalue weighted by Crippen LogP contribution is -2.49. The van der Waals surface area contributed by atoms with E-state index in [1.165, 1.54) is 4.31 Å². The number of pyridine rings is 1. The van der Waals surface area contributed by atoms with Crippen LogP contribution in [0.25, 0.3) is 10.9 Å². The Hall–Kier alpha value is -2.30. The molecule has 1 saturated heterocycles. The van der Waals surface area contributed by atoms with Crippen LogP contribution in [-0.2, 0) is 14.8 Å². The van der Waals surface area contributed by atoms with Gasteiger partial charge in [-0.25, -0.2) is 8.42 Å². The SMILES string of the molecule is C[C@@H]1CN(S(=O)(=O)CCNc2ccc3ncccc3c2[N+](=O)[O-])C[C@@H](C)O1. The Bertz CT molecular complexity index is 939. The summed E-state index contributed by atoms with van der Waals surface area (Å²) in [5.41, 5.74) is 0.685. The molecule has 3 rings (SSSR count). The van der Waals surface area contributed by atoms with Gasteiger partial charge in [-0.3, -0.25) is 15.1 Å². The molecule has 10 heteroatoms. The van der Waals surface area contributed by atoms with E-state index in [1.807, 2.05) is 13.8 Å². The zero-order valence-electron chi connectivity index (χ0n) is 15.2. The highest BCUT2D eigenvalue weighted by Crippen LogP contribution is 2.32. The van der Waals surface area contributed by atoms with Crippen LogP contribution in [-0.4, -0.2) is 60.2 Å². The third kappa shape index (κ3) is 4.34. The van der Waals surface area contributed by atoms with Crippen LogP contribution in [0.2, 0.25) is 0 Å². The van der Waals surface area contributed by atoms with Gasteiger partial charge in [0.15, 0.2) is 0 Å². The fourth-order valence-electron chi connectivity index (χ4n) is 3.28. The number of hydrogen-bond donors (Lipinski definition) is 1. The van der Waals surface area contributed by atoms with Crippen LogP contribution in [0.15, 0.2) is 30.5 Å². The van der Waals surface area contributed by atoms with E-state index in [9.17, 15) is 18.5 Å². The summed E-state index contributed by atoms with van der Waals surface area (Å²) in [6, 6.07) is 6.48. The molecule has 0 saturated carbocycles. The van der Waals surface area contributed by atoms with E-state index in [0.717, 1.165) is 0 Å². The van der Waals surface area contributed by atoms with Gasteiger partial charge in [-0.05, 0) is 38.1 Å². The van der Waals surface area contributed by atoms with Crippen LogP contribution in [0.1, 0.15) is 13.8 Å². The van der Waals surface area contributed by atoms with Gasteiger partial charge in [0.1, 0.15) is 5.69 Å². The topological polar surface area (TPSA) is 115 Å². The first-order valence-electron chi connectivity index (χ1n) is 8.67. The molecule has 0 amide bonds. The second-order valence-corrected chi connectivity index (χ2v) is 8.69. The number of hydrogen-bond acceptors (Lipinski definition) is 7. The minimum absolute atomic E-state index is 0.0645. The Morgan fingerprint density at radius 3 is 2.67 bits per heavy atom. The Labute approximate surface area is 157 Å². The molecule has 1 aromatic heterocycles. The highest BCUT2D eigenvalue weighted by Gasteiger charge is 2.30. The van der Waals surface area contributed by atoms with E-state index < -0.39 is 14.9 Å². The fraction of sp³-hybridized carbons (Fsp3) is 0.471. The summed E-state index contributed by atoms with van der Waals surface area (Å²) < 4.78 is 32.2. The van der Waals surface area contributed by atoms with E-state index >= 15 is 0 Å². The summed E-state index contributed by atoms with van der Waals surface area (Å²) in [5.74, 6) is -0.158. The summed E-state index contributed by atoms with van der Waals surface area (Å²) in [6.07, 6.45) is 1.24. The van der Waals surface area contributed by atoms with Gasteiger partial charge in [-0.15, -0.1) is 0 Å². The number of nitro groups is 1. The third-order valence-corrected chi connectivity index (χ3v) is 6.20. The predicted octanol–water partition coefficient (Wildman–Crippen LogP) is 1.99. The largest absolute Gasteiger partial charge is 0.378 e. The van der Waals surface area contributed by atoms with Crippen molar-refractivity contribution in [2.24, 2.45) is 0 Å². The van der Waals surface area contributed by atoms with E-state index in [2.05, 4.69) is 10.3 Å². The first kappa shape index (κ1) is 19.5. The lowest BCUT2D eigenvalue weighted by Gasteiger charge is -2.34. The monoisotopic (exact) mass is 394 g/mol. The molecule has 27 heavy (non-hydrogen) atoms. The molecule has 0 bridgehead atoms. The average Bonchev–Trinajstić information content (AvgIpc) is 2.60. The Morgan fingerprint density at radius 2 is 2.00 bits per heavy atom. The summed E-state index contributed by atoms with van der Waals surface area (Å²) in [6.45, 7) is 4.36. The molecule has 146 valence electrons. The van der Waals surface area contributed by atoms with Crippen molar-refractivity contribution in [3.63, 3.8) is 0 Å². The van der Waals surface area contributed by atoms with Gasteiger partial charge in [0.25, 0.3) is 0 Å². The van der Waals surface area contributed by atoms with Crippen LogP contribution < -0.4 is 5.32 Å². The van der Waals surface area contributed by atoms with Crippen molar-refractivity contribution in [2.75, 3.05) is 30.7 Å². The number of nitrogens with zero attached hydrogens (tertiary/aromatic N) is 3. The number of nitro benzene ring substituents is 1. The lowest BCUT2D eigenvalue weighted by atomic mass is 10.1. The fourth-order valence-corrected chi connectivity index (χ4v) is 4.77. The van der Waals surface area contributed by atoms with E-state index in [-0.39, 0.29) is 35.9 Å². The number of ether oxygens (including phenoxy) is 1. The molecule has 2 atom stereocenters. The number of rotatable bonds is 6. The normalized spacial score (nSPS) is 21.3. The molecule has 1 fully saturated rings. The Kier molecular flexibility index (Phi) is 5.59. The van der Waals surface area contributed by atoms with Gasteiger partial charge in [0.2, 0.25) is 10.0 Å². The predicted molar refractivity (Wildman–Crippen MR) is 102 cm³/mol. The summed E-state index contributed by atoms with van der Waals surface area (Å²) >= 11 is 0. The van der Waals surface area contributed by atoms with Gasteiger partial charge in [-0.1, -0.05) is 0 Å². The maximum atomic E-state index is 12.6. The third-order valence-electron chi connectivity index (χ3n) is 4.39. The second kappa shape index (κ2) is 7.75. The van der Waals surface area contributed by atoms with Gasteiger partial charge < -0.3 is 10.1 Å². The van der Waals surface area contributed by atoms with E-state index in [4.69, 9.17) is 4.74 Å². The van der Waals surface area contributed by atoms with Crippen molar-refractivity contribution < 1.29 is 18.1 Å². The summed E-state index contributed by atoms with van der Waals surface area (Å²) in [4.78, 5) is 15.1. The Balaban J connectivity index is 1.73. The smallest absolute Gasteiger partial charge is 0.301 e. The molecular weight excluding hydrogens is 372 g/mol. The first-order chi connectivity index (χ1) is 12.8. The van der Waals surface area contributed by atoms with Crippen molar-refractivity contribution in [1.82, 2.24) is 9.29 Å². The van der Waals surface area contributed by atoms with Gasteiger partial charge in [0, 0.05) is 25.8 Å². The van der Waals surface area contributed by atoms with Gasteiger partial charge in [-0.2, -0.15) is 4.31 Å². The molecule has 1 N–H and O–H groups in total. The number of anilines is 1. The molecule has 1 aliphatic heterocycles. The van der Waals surface area contributed by atoms with Crippen LogP contribution >= 0.6 is 0 Å². The number of aromatic nitrogens is 1. The minimum atomic E-state index is -3.49. The maximum absolute atomic E-state index is 12.6. The molecule has 1 aromatic carbocycles. The minimum Gasteiger partial charge on any atom is -0.378 e. The molecule has 2 heterocycles. The summed E-state index contributed by atoms with van der Waals surface area (Å²) in [5, 5.41) is 14.8. The number of benzene rings is 1. The second-order valence-electron chi connectivity index (χ2n) is 6.61. The number of fused-ring (bicyclic) bond motifs is 1. The zero-order valence-corrected chi connectivity index (χ0v) is 16.0. The Morgan fingerprint density at radius 1 is 1.30 bits per heavy atom. The molecule has 0 radical (unpaired) electrons. The first-order valence-corrected chi connectivity index (χ1v) is 10.3. The summed E-state index contributed by atoms with van der Waals surface area (Å²) in [7, 11) is -3.49. The standard InChI is InChI=1S/C17H22N4O5S/c1-12-10-20(11-13(2)26-12)27(24,25)9-8-19-16-6-5-15-14(4-3-7-18-15)17(16)21(22)23/h3-7,12-13,19H,8-11H2,1-2H3/t12-,13-/m1/s1. The zero-order chi connectivity index (χ0) is 19.6. The van der Waals surface area contributed by atoms with E-state index in [0.29, 0.717) is 24.0 Å². The molecule has 2 aromatic rings. The molecule has 9 nitrogen and oxygen atoms in total. The van der Waals surface area contributed by atoms with Crippen molar-refractivity contribution >= 4 is 32.3 Å². The van der Waals surface area contributed by atoms with Crippen LogP contribution in [0, 0.1) is 10.1 Å². The number of sulfonamides is 1. The molecule has 1 aliphatic rings. The maximum Gasteiger partial charge on any atom is 0.301 e. The van der Waals surface area contributed by atoms with Gasteiger partial charge in [0.05, 0.1) is 33.8 Å².